The van der Waals surface area contributed by atoms with Gasteiger partial charge in [-0.15, -0.1) is 0 Å². The first kappa shape index (κ1) is 18.2. The molecule has 0 aliphatic rings. The molecule has 22 heavy (non-hydrogen) atoms. The number of hydrogen-bond donors (Lipinski definition) is 1. The molecule has 3 atom stereocenters. The predicted molar refractivity (Wildman–Crippen MR) is 82.6 cm³/mol. The molecule has 122 valence electrons. The minimum atomic E-state index is -3.97. The van der Waals surface area contributed by atoms with Crippen molar-refractivity contribution in [1.29, 1.82) is 0 Å². The summed E-state index contributed by atoms with van der Waals surface area (Å²) in [7, 11) is -2.78. The number of benzene rings is 1. The Hall–Kier alpha value is -1.89. The second-order valence-corrected chi connectivity index (χ2v) is 7.20. The maximum Gasteiger partial charge on any atom is 0.309 e. The summed E-state index contributed by atoms with van der Waals surface area (Å²) in [6.07, 6.45) is 0. The average Bonchev–Trinajstić information content (AvgIpc) is 2.52. The van der Waals surface area contributed by atoms with Crippen molar-refractivity contribution in [2.75, 3.05) is 7.11 Å². The number of methoxy groups -OCH3 is 1. The van der Waals surface area contributed by atoms with Crippen LogP contribution in [0, 0.1) is 5.92 Å². The van der Waals surface area contributed by atoms with Crippen molar-refractivity contribution >= 4 is 21.9 Å². The number of nitrogens with one attached hydrogen (secondary N) is 1. The number of carbonyl (C=O) groups excluding carboxylic acids is 2. The Labute approximate surface area is 130 Å². The van der Waals surface area contributed by atoms with E-state index in [0.717, 1.165) is 0 Å². The van der Waals surface area contributed by atoms with Crippen LogP contribution in [0.2, 0.25) is 0 Å². The van der Waals surface area contributed by atoms with Gasteiger partial charge < -0.3 is 4.74 Å². The Kier molecular flexibility index (Phi) is 6.11. The molecule has 0 bridgehead atoms. The zero-order valence-corrected chi connectivity index (χ0v) is 13.9. The van der Waals surface area contributed by atoms with Gasteiger partial charge in [-0.05, 0) is 19.4 Å². The highest BCUT2D eigenvalue weighted by Gasteiger charge is 2.33. The standard InChI is InChI=1S/C15H21NO5S/c1-10(15(18)21-4)12(3)22(19,20)16-14(17)11(2)13-8-6-5-7-9-13/h5-12H,1-4H3,(H,16,17)/t10-,11+,12-/m0/s1. The van der Waals surface area contributed by atoms with Gasteiger partial charge in [0.25, 0.3) is 0 Å². The molecule has 1 N–H and O–H groups in total. The van der Waals surface area contributed by atoms with Crippen molar-refractivity contribution < 1.29 is 22.7 Å². The Bertz CT molecular complexity index is 627. The maximum atomic E-state index is 12.2. The first-order valence-electron chi connectivity index (χ1n) is 6.89. The number of ether oxygens (including phenoxy) is 1. The van der Waals surface area contributed by atoms with E-state index in [1.54, 1.807) is 31.2 Å². The van der Waals surface area contributed by atoms with Gasteiger partial charge in [0.05, 0.1) is 24.2 Å². The second-order valence-electron chi connectivity index (χ2n) is 5.16. The molecule has 1 rings (SSSR count). The van der Waals surface area contributed by atoms with Gasteiger partial charge in [0, 0.05) is 0 Å². The van der Waals surface area contributed by atoms with E-state index in [0.29, 0.717) is 5.56 Å². The molecule has 0 aliphatic heterocycles. The highest BCUT2D eigenvalue weighted by atomic mass is 32.2. The molecule has 0 aromatic heterocycles. The summed E-state index contributed by atoms with van der Waals surface area (Å²) in [6.45, 7) is 4.43. The first-order chi connectivity index (χ1) is 10.2. The minimum Gasteiger partial charge on any atom is -0.469 e. The van der Waals surface area contributed by atoms with Gasteiger partial charge in [-0.3, -0.25) is 14.3 Å². The molecule has 0 spiro atoms. The summed E-state index contributed by atoms with van der Waals surface area (Å²) in [6, 6.07) is 8.85. The minimum absolute atomic E-state index is 0.614. The van der Waals surface area contributed by atoms with E-state index < -0.39 is 39.0 Å². The molecule has 0 fully saturated rings. The molecule has 0 aliphatic carbocycles. The fourth-order valence-corrected chi connectivity index (χ4v) is 3.15. The van der Waals surface area contributed by atoms with Crippen LogP contribution in [-0.4, -0.2) is 32.7 Å². The molecule has 0 saturated carbocycles. The highest BCUT2D eigenvalue weighted by molar-refractivity contribution is 7.90. The monoisotopic (exact) mass is 327 g/mol. The number of sulfonamides is 1. The zero-order valence-electron chi connectivity index (χ0n) is 13.1. The number of amides is 1. The highest BCUT2D eigenvalue weighted by Crippen LogP contribution is 2.17. The van der Waals surface area contributed by atoms with Crippen LogP contribution < -0.4 is 4.72 Å². The van der Waals surface area contributed by atoms with E-state index in [1.165, 1.54) is 21.0 Å². The Balaban J connectivity index is 2.84. The average molecular weight is 327 g/mol. The smallest absolute Gasteiger partial charge is 0.309 e. The van der Waals surface area contributed by atoms with E-state index in [9.17, 15) is 18.0 Å². The lowest BCUT2D eigenvalue weighted by Gasteiger charge is -2.20. The molecule has 1 aromatic rings. The van der Waals surface area contributed by atoms with Crippen LogP contribution in [0.3, 0.4) is 0 Å². The third-order valence-electron chi connectivity index (χ3n) is 3.70. The molecule has 0 unspecified atom stereocenters. The number of esters is 1. The van der Waals surface area contributed by atoms with Gasteiger partial charge >= 0.3 is 5.97 Å². The third-order valence-corrected chi connectivity index (χ3v) is 5.58. The van der Waals surface area contributed by atoms with Crippen molar-refractivity contribution in [3.8, 4) is 0 Å². The lowest BCUT2D eigenvalue weighted by molar-refractivity contribution is -0.144. The Morgan fingerprint density at radius 3 is 2.14 bits per heavy atom. The molecule has 1 aromatic carbocycles. The summed E-state index contributed by atoms with van der Waals surface area (Å²) in [5, 5.41) is -1.08. The Morgan fingerprint density at radius 1 is 1.09 bits per heavy atom. The summed E-state index contributed by atoms with van der Waals surface area (Å²) >= 11 is 0. The predicted octanol–water partition coefficient (Wildman–Crippen LogP) is 1.43. The SMILES string of the molecule is COC(=O)[C@@H](C)[C@H](C)S(=O)(=O)NC(=O)[C@H](C)c1ccccc1. The van der Waals surface area contributed by atoms with Crippen LogP contribution in [0.25, 0.3) is 0 Å². The van der Waals surface area contributed by atoms with Crippen LogP contribution in [0.15, 0.2) is 30.3 Å². The lowest BCUT2D eigenvalue weighted by atomic mass is 10.0. The Morgan fingerprint density at radius 2 is 1.64 bits per heavy atom. The molecule has 7 heteroatoms. The van der Waals surface area contributed by atoms with Gasteiger partial charge in [-0.25, -0.2) is 8.42 Å². The van der Waals surface area contributed by atoms with E-state index in [4.69, 9.17) is 0 Å². The quantitative estimate of drug-likeness (QED) is 0.798. The molecular formula is C15H21NO5S. The fourth-order valence-electron chi connectivity index (χ4n) is 1.86. The number of carbonyl (C=O) groups is 2. The first-order valence-corrected chi connectivity index (χ1v) is 8.43. The fraction of sp³-hybridized carbons (Fsp3) is 0.467. The molecule has 0 heterocycles. The second kappa shape index (κ2) is 7.40. The lowest BCUT2D eigenvalue weighted by Crippen LogP contribution is -2.43. The third kappa shape index (κ3) is 4.30. The topological polar surface area (TPSA) is 89.5 Å². The normalized spacial score (nSPS) is 15.5. The van der Waals surface area contributed by atoms with Crippen molar-refractivity contribution in [2.24, 2.45) is 5.92 Å². The summed E-state index contributed by atoms with van der Waals surface area (Å²) in [4.78, 5) is 23.6. The number of hydrogen-bond acceptors (Lipinski definition) is 5. The van der Waals surface area contributed by atoms with Crippen LogP contribution in [0.4, 0.5) is 0 Å². The van der Waals surface area contributed by atoms with Gasteiger partial charge in [0.2, 0.25) is 15.9 Å². The molecular weight excluding hydrogens is 306 g/mol. The molecule has 0 saturated heterocycles. The molecule has 1 amide bonds. The number of rotatable bonds is 6. The van der Waals surface area contributed by atoms with Gasteiger partial charge in [0.15, 0.2) is 0 Å². The van der Waals surface area contributed by atoms with Crippen LogP contribution in [-0.2, 0) is 24.3 Å². The maximum absolute atomic E-state index is 12.2. The van der Waals surface area contributed by atoms with Crippen molar-refractivity contribution in [3.63, 3.8) is 0 Å². The van der Waals surface area contributed by atoms with E-state index >= 15 is 0 Å². The van der Waals surface area contributed by atoms with E-state index in [1.807, 2.05) is 10.8 Å². The summed E-state index contributed by atoms with van der Waals surface area (Å²) in [5.41, 5.74) is 0.712. The largest absolute Gasteiger partial charge is 0.469 e. The molecule has 0 radical (unpaired) electrons. The molecule has 6 nitrogen and oxygen atoms in total. The van der Waals surface area contributed by atoms with Gasteiger partial charge in [-0.2, -0.15) is 0 Å². The van der Waals surface area contributed by atoms with Gasteiger partial charge in [-0.1, -0.05) is 37.3 Å². The van der Waals surface area contributed by atoms with E-state index in [2.05, 4.69) is 4.74 Å². The van der Waals surface area contributed by atoms with Crippen molar-refractivity contribution in [2.45, 2.75) is 31.9 Å². The summed E-state index contributed by atoms with van der Waals surface area (Å²) in [5.74, 6) is -2.75. The van der Waals surface area contributed by atoms with Gasteiger partial charge in [0.1, 0.15) is 0 Å². The van der Waals surface area contributed by atoms with Crippen LogP contribution in [0.5, 0.6) is 0 Å². The van der Waals surface area contributed by atoms with Crippen molar-refractivity contribution in [3.05, 3.63) is 35.9 Å². The van der Waals surface area contributed by atoms with Crippen LogP contribution >= 0.6 is 0 Å². The van der Waals surface area contributed by atoms with E-state index in [-0.39, 0.29) is 0 Å². The zero-order chi connectivity index (χ0) is 16.9. The van der Waals surface area contributed by atoms with Crippen molar-refractivity contribution in [1.82, 2.24) is 4.72 Å². The van der Waals surface area contributed by atoms with Crippen LogP contribution in [0.1, 0.15) is 32.3 Å². The summed E-state index contributed by atoms with van der Waals surface area (Å²) < 4.78 is 31.0.